The second kappa shape index (κ2) is 5.58. The molecule has 1 rings (SSSR count). The minimum absolute atomic E-state index is 0. The van der Waals surface area contributed by atoms with Crippen molar-refractivity contribution in [2.75, 3.05) is 0 Å². The third-order valence-electron chi connectivity index (χ3n) is 2.12. The Kier molecular flexibility index (Phi) is 5.39. The van der Waals surface area contributed by atoms with Gasteiger partial charge in [-0.2, -0.15) is 22.0 Å². The number of benzene rings is 1. The second-order valence-electron chi connectivity index (χ2n) is 3.28. The van der Waals surface area contributed by atoms with Crippen LogP contribution in [0.5, 0.6) is 5.75 Å². The number of phenols is 1. The molecule has 0 bridgehead atoms. The summed E-state index contributed by atoms with van der Waals surface area (Å²) in [6, 6.07) is 0.729. The molecule has 0 saturated carbocycles. The largest absolute Gasteiger partial charge is 0.506 e. The van der Waals surface area contributed by atoms with Gasteiger partial charge in [0.1, 0.15) is 11.8 Å². The first-order chi connectivity index (χ1) is 7.59. The fourth-order valence-corrected chi connectivity index (χ4v) is 1.54. The van der Waals surface area contributed by atoms with Crippen molar-refractivity contribution in [1.29, 1.82) is 0 Å². The number of alkyl halides is 5. The molecule has 104 valence electrons. The van der Waals surface area contributed by atoms with Crippen LogP contribution in [0.15, 0.2) is 22.7 Å². The molecule has 1 aromatic rings. The van der Waals surface area contributed by atoms with Gasteiger partial charge in [0.25, 0.3) is 0 Å². The molecule has 0 aromatic heterocycles. The Labute approximate surface area is 114 Å². The van der Waals surface area contributed by atoms with E-state index >= 15 is 0 Å². The van der Waals surface area contributed by atoms with E-state index in [1.165, 1.54) is 12.1 Å². The van der Waals surface area contributed by atoms with Gasteiger partial charge in [0.05, 0.1) is 4.47 Å². The Morgan fingerprint density at radius 2 is 1.67 bits per heavy atom. The first-order valence-electron chi connectivity index (χ1n) is 4.26. The molecule has 18 heavy (non-hydrogen) atoms. The van der Waals surface area contributed by atoms with Gasteiger partial charge in [-0.15, -0.1) is 12.4 Å². The first-order valence-corrected chi connectivity index (χ1v) is 5.06. The van der Waals surface area contributed by atoms with Crippen LogP contribution in [0.1, 0.15) is 11.6 Å². The monoisotopic (exact) mass is 355 g/mol. The highest BCUT2D eigenvalue weighted by atomic mass is 79.9. The Hall–Kier alpha value is -0.600. The number of rotatable bonds is 2. The van der Waals surface area contributed by atoms with Gasteiger partial charge < -0.3 is 10.8 Å². The van der Waals surface area contributed by atoms with Crippen molar-refractivity contribution < 1.29 is 27.1 Å². The summed E-state index contributed by atoms with van der Waals surface area (Å²) >= 11 is 2.80. The quantitative estimate of drug-likeness (QED) is 0.792. The average Bonchev–Trinajstić information content (AvgIpc) is 2.19. The van der Waals surface area contributed by atoms with Gasteiger partial charge in [-0.3, -0.25) is 0 Å². The molecule has 3 N–H and O–H groups in total. The predicted octanol–water partition coefficient (Wildman–Crippen LogP) is 3.77. The third kappa shape index (κ3) is 3.04. The summed E-state index contributed by atoms with van der Waals surface area (Å²) in [5.74, 6) is -5.85. The van der Waals surface area contributed by atoms with Crippen LogP contribution in [0.4, 0.5) is 22.0 Å². The van der Waals surface area contributed by atoms with Gasteiger partial charge in [0.15, 0.2) is 0 Å². The van der Waals surface area contributed by atoms with Crippen LogP contribution in [0.3, 0.4) is 0 Å². The maximum atomic E-state index is 12.9. The van der Waals surface area contributed by atoms with Gasteiger partial charge in [-0.05, 0) is 22.0 Å². The Balaban J connectivity index is 0.00000289. The van der Waals surface area contributed by atoms with Crippen molar-refractivity contribution in [2.45, 2.75) is 18.1 Å². The summed E-state index contributed by atoms with van der Waals surface area (Å²) in [6.45, 7) is 0. The molecule has 2 nitrogen and oxygen atoms in total. The molecule has 1 atom stereocenters. The van der Waals surface area contributed by atoms with E-state index in [0.717, 1.165) is 6.07 Å². The Morgan fingerprint density at radius 1 is 1.17 bits per heavy atom. The zero-order chi connectivity index (χ0) is 13.4. The highest BCUT2D eigenvalue weighted by Crippen LogP contribution is 2.45. The van der Waals surface area contributed by atoms with Gasteiger partial charge in [-0.25, -0.2) is 0 Å². The number of halogens is 7. The standard InChI is InChI=1S/C9H7BrF5NO.ClH/c10-5-3-1-2-4(6(5)17)7(16)8(11,12)9(13,14)15;/h1-3,7,17H,16H2;1H/t7-;/m0./s1. The van der Waals surface area contributed by atoms with Crippen LogP contribution in [0.25, 0.3) is 0 Å². The number of hydrogen-bond donors (Lipinski definition) is 2. The summed E-state index contributed by atoms with van der Waals surface area (Å²) in [5, 5.41) is 9.37. The van der Waals surface area contributed by atoms with E-state index in [-0.39, 0.29) is 16.9 Å². The van der Waals surface area contributed by atoms with Gasteiger partial charge in [-0.1, -0.05) is 12.1 Å². The number of hydrogen-bond acceptors (Lipinski definition) is 2. The molecule has 0 aliphatic carbocycles. The predicted molar refractivity (Wildman–Crippen MR) is 61.0 cm³/mol. The van der Waals surface area contributed by atoms with E-state index in [1.54, 1.807) is 0 Å². The van der Waals surface area contributed by atoms with Crippen LogP contribution < -0.4 is 5.73 Å². The number of phenolic OH excluding ortho intramolecular Hbond substituents is 1. The molecule has 0 radical (unpaired) electrons. The lowest BCUT2D eigenvalue weighted by Gasteiger charge is -2.26. The van der Waals surface area contributed by atoms with E-state index in [1.807, 2.05) is 0 Å². The molecule has 0 amide bonds. The SMILES string of the molecule is Cl.N[C@@H](c1cccc(Br)c1O)C(F)(F)C(F)(F)F. The van der Waals surface area contributed by atoms with Gasteiger partial charge in [0, 0.05) is 5.56 Å². The first kappa shape index (κ1) is 17.4. The minimum Gasteiger partial charge on any atom is -0.506 e. The Morgan fingerprint density at radius 3 is 2.11 bits per heavy atom. The topological polar surface area (TPSA) is 46.2 Å². The summed E-state index contributed by atoms with van der Waals surface area (Å²) in [5.41, 5.74) is 4.20. The van der Waals surface area contributed by atoms with Crippen molar-refractivity contribution in [3.05, 3.63) is 28.2 Å². The number of nitrogens with two attached hydrogens (primary N) is 1. The van der Waals surface area contributed by atoms with Crippen LogP contribution in [0.2, 0.25) is 0 Å². The van der Waals surface area contributed by atoms with E-state index < -0.39 is 29.5 Å². The number of para-hydroxylation sites is 1. The lowest BCUT2D eigenvalue weighted by molar-refractivity contribution is -0.291. The lowest BCUT2D eigenvalue weighted by atomic mass is 10.00. The van der Waals surface area contributed by atoms with Gasteiger partial charge >= 0.3 is 12.1 Å². The summed E-state index contributed by atoms with van der Waals surface area (Å²) in [6.07, 6.45) is -5.78. The summed E-state index contributed by atoms with van der Waals surface area (Å²) in [7, 11) is 0. The minimum atomic E-state index is -5.78. The molecule has 0 fully saturated rings. The lowest BCUT2D eigenvalue weighted by Crippen LogP contribution is -2.45. The summed E-state index contributed by atoms with van der Waals surface area (Å²) < 4.78 is 62.1. The molecule has 0 spiro atoms. The Bertz CT molecular complexity index is 426. The van der Waals surface area contributed by atoms with Crippen LogP contribution >= 0.6 is 28.3 Å². The normalized spacial score (nSPS) is 13.9. The zero-order valence-corrected chi connectivity index (χ0v) is 10.9. The molecule has 0 heterocycles. The fraction of sp³-hybridized carbons (Fsp3) is 0.333. The van der Waals surface area contributed by atoms with Gasteiger partial charge in [0.2, 0.25) is 0 Å². The molecular formula is C9H8BrClF5NO. The van der Waals surface area contributed by atoms with Crippen molar-refractivity contribution in [2.24, 2.45) is 5.73 Å². The maximum Gasteiger partial charge on any atom is 0.455 e. The van der Waals surface area contributed by atoms with Crippen molar-refractivity contribution in [3.8, 4) is 5.75 Å². The maximum absolute atomic E-state index is 12.9. The average molecular weight is 357 g/mol. The van der Waals surface area contributed by atoms with E-state index in [2.05, 4.69) is 15.9 Å². The van der Waals surface area contributed by atoms with Crippen molar-refractivity contribution in [3.63, 3.8) is 0 Å². The van der Waals surface area contributed by atoms with E-state index in [9.17, 15) is 27.1 Å². The highest BCUT2D eigenvalue weighted by molar-refractivity contribution is 9.10. The highest BCUT2D eigenvalue weighted by Gasteiger charge is 2.62. The van der Waals surface area contributed by atoms with E-state index in [0.29, 0.717) is 0 Å². The molecule has 0 aliphatic rings. The van der Waals surface area contributed by atoms with Crippen molar-refractivity contribution >= 4 is 28.3 Å². The zero-order valence-electron chi connectivity index (χ0n) is 8.51. The van der Waals surface area contributed by atoms with Crippen LogP contribution in [-0.2, 0) is 0 Å². The molecule has 9 heteroatoms. The smallest absolute Gasteiger partial charge is 0.455 e. The van der Waals surface area contributed by atoms with E-state index in [4.69, 9.17) is 5.73 Å². The summed E-state index contributed by atoms with van der Waals surface area (Å²) in [4.78, 5) is 0. The number of aromatic hydroxyl groups is 1. The van der Waals surface area contributed by atoms with Crippen LogP contribution in [0, 0.1) is 0 Å². The fourth-order valence-electron chi connectivity index (χ4n) is 1.15. The molecule has 0 saturated heterocycles. The molecular weight excluding hydrogens is 348 g/mol. The van der Waals surface area contributed by atoms with Crippen molar-refractivity contribution in [1.82, 2.24) is 0 Å². The molecule has 0 unspecified atom stereocenters. The molecule has 1 aromatic carbocycles. The molecule has 0 aliphatic heterocycles. The van der Waals surface area contributed by atoms with Crippen LogP contribution in [-0.4, -0.2) is 17.2 Å². The second-order valence-corrected chi connectivity index (χ2v) is 4.13. The third-order valence-corrected chi connectivity index (χ3v) is 2.76.